The molecule has 3 rings (SSSR count). The number of pyridine rings is 1. The van der Waals surface area contributed by atoms with Crippen LogP contribution in [0, 0.1) is 11.3 Å². The lowest BCUT2D eigenvalue weighted by Crippen LogP contribution is -2.12. The first-order valence-electron chi connectivity index (χ1n) is 7.11. The number of nitrogens with one attached hydrogen (secondary N) is 1. The van der Waals surface area contributed by atoms with E-state index in [9.17, 15) is 0 Å². The van der Waals surface area contributed by atoms with Gasteiger partial charge in [0.05, 0.1) is 16.8 Å². The Morgan fingerprint density at radius 3 is 2.78 bits per heavy atom. The summed E-state index contributed by atoms with van der Waals surface area (Å²) in [5, 5.41) is 17.0. The van der Waals surface area contributed by atoms with Crippen LogP contribution in [0.1, 0.15) is 24.2 Å². The molecule has 0 spiro atoms. The van der Waals surface area contributed by atoms with E-state index in [4.69, 9.17) is 16.9 Å². The smallest absolute Gasteiger partial charge is 0.161 e. The van der Waals surface area contributed by atoms with Crippen molar-refractivity contribution in [3.63, 3.8) is 0 Å². The van der Waals surface area contributed by atoms with Crippen molar-refractivity contribution in [2.75, 3.05) is 5.32 Å². The molecule has 114 valence electrons. The molecule has 0 saturated heterocycles. The summed E-state index contributed by atoms with van der Waals surface area (Å²) in [5.41, 5.74) is 2.28. The maximum absolute atomic E-state index is 9.03. The molecule has 1 unspecified atom stereocenters. The van der Waals surface area contributed by atoms with Crippen LogP contribution in [0.4, 0.5) is 5.82 Å². The zero-order valence-electron chi connectivity index (χ0n) is 12.4. The largest absolute Gasteiger partial charge is 0.363 e. The number of aromatic nitrogens is 3. The molecule has 3 aromatic rings. The van der Waals surface area contributed by atoms with Crippen LogP contribution in [-0.4, -0.2) is 14.8 Å². The van der Waals surface area contributed by atoms with Gasteiger partial charge in [-0.15, -0.1) is 0 Å². The van der Waals surface area contributed by atoms with Crippen molar-refractivity contribution in [3.8, 4) is 11.8 Å². The first-order valence-corrected chi connectivity index (χ1v) is 7.49. The molecule has 0 saturated carbocycles. The minimum absolute atomic E-state index is 0.0179. The average molecular weight is 324 g/mol. The molecule has 0 amide bonds. The van der Waals surface area contributed by atoms with E-state index in [1.54, 1.807) is 18.3 Å². The summed E-state index contributed by atoms with van der Waals surface area (Å²) in [6, 6.07) is 15.3. The predicted octanol–water partition coefficient (Wildman–Crippen LogP) is 3.97. The zero-order valence-corrected chi connectivity index (χ0v) is 13.2. The predicted molar refractivity (Wildman–Crippen MR) is 89.6 cm³/mol. The van der Waals surface area contributed by atoms with E-state index < -0.39 is 0 Å². The molecule has 0 radical (unpaired) electrons. The second-order valence-electron chi connectivity index (χ2n) is 5.01. The molecule has 1 atom stereocenters. The summed E-state index contributed by atoms with van der Waals surface area (Å²) in [6.07, 6.45) is 3.65. The molecule has 2 heterocycles. The highest BCUT2D eigenvalue weighted by Gasteiger charge is 2.13. The topological polar surface area (TPSA) is 66.5 Å². The van der Waals surface area contributed by atoms with Gasteiger partial charge in [-0.2, -0.15) is 10.4 Å². The maximum atomic E-state index is 9.03. The van der Waals surface area contributed by atoms with Crippen LogP contribution >= 0.6 is 11.6 Å². The van der Waals surface area contributed by atoms with Crippen LogP contribution in [0.3, 0.4) is 0 Å². The number of nitriles is 1. The van der Waals surface area contributed by atoms with Crippen molar-refractivity contribution in [1.29, 1.82) is 5.26 Å². The summed E-state index contributed by atoms with van der Waals surface area (Å²) in [4.78, 5) is 4.22. The van der Waals surface area contributed by atoms with Gasteiger partial charge in [0, 0.05) is 12.4 Å². The second-order valence-corrected chi connectivity index (χ2v) is 5.42. The van der Waals surface area contributed by atoms with Crippen LogP contribution < -0.4 is 5.32 Å². The number of halogens is 1. The molecule has 0 aliphatic heterocycles. The Balaban J connectivity index is 1.90. The van der Waals surface area contributed by atoms with E-state index in [1.165, 1.54) is 0 Å². The van der Waals surface area contributed by atoms with E-state index in [-0.39, 0.29) is 11.7 Å². The van der Waals surface area contributed by atoms with E-state index in [2.05, 4.69) is 15.4 Å². The highest BCUT2D eigenvalue weighted by atomic mass is 35.5. The summed E-state index contributed by atoms with van der Waals surface area (Å²) in [7, 11) is 0. The molecule has 23 heavy (non-hydrogen) atoms. The van der Waals surface area contributed by atoms with E-state index in [0.717, 1.165) is 11.3 Å². The molecule has 0 aliphatic carbocycles. The summed E-state index contributed by atoms with van der Waals surface area (Å²) in [5.74, 6) is 0.605. The Bertz CT molecular complexity index is 852. The number of rotatable bonds is 4. The molecule has 1 aromatic carbocycles. The van der Waals surface area contributed by atoms with Gasteiger partial charge in [0.1, 0.15) is 11.9 Å². The Morgan fingerprint density at radius 2 is 2.04 bits per heavy atom. The quantitative estimate of drug-likeness (QED) is 0.789. The SMILES string of the molecule is CC(Nc1ccc(Cl)c(C#N)n1)c1ccccc1-n1cccn1. The average Bonchev–Trinajstić information content (AvgIpc) is 3.11. The van der Waals surface area contributed by atoms with Gasteiger partial charge in [-0.25, -0.2) is 9.67 Å². The van der Waals surface area contributed by atoms with Crippen LogP contribution in [0.5, 0.6) is 0 Å². The van der Waals surface area contributed by atoms with Crippen LogP contribution in [-0.2, 0) is 0 Å². The Hall–Kier alpha value is -2.84. The second kappa shape index (κ2) is 6.51. The van der Waals surface area contributed by atoms with Crippen molar-refractivity contribution >= 4 is 17.4 Å². The van der Waals surface area contributed by atoms with Gasteiger partial charge >= 0.3 is 0 Å². The monoisotopic (exact) mass is 323 g/mol. The van der Waals surface area contributed by atoms with Gasteiger partial charge in [-0.05, 0) is 36.8 Å². The lowest BCUT2D eigenvalue weighted by atomic mass is 10.1. The minimum Gasteiger partial charge on any atom is -0.363 e. The third-order valence-electron chi connectivity index (χ3n) is 3.47. The van der Waals surface area contributed by atoms with Gasteiger partial charge in [-0.3, -0.25) is 0 Å². The third-order valence-corrected chi connectivity index (χ3v) is 3.78. The fourth-order valence-corrected chi connectivity index (χ4v) is 2.52. The minimum atomic E-state index is -0.0179. The van der Waals surface area contributed by atoms with Gasteiger partial charge in [0.2, 0.25) is 0 Å². The Kier molecular flexibility index (Phi) is 4.26. The van der Waals surface area contributed by atoms with E-state index in [0.29, 0.717) is 10.8 Å². The van der Waals surface area contributed by atoms with E-state index >= 15 is 0 Å². The van der Waals surface area contributed by atoms with Gasteiger partial charge in [0.15, 0.2) is 5.69 Å². The van der Waals surface area contributed by atoms with E-state index in [1.807, 2.05) is 54.2 Å². The van der Waals surface area contributed by atoms with Gasteiger partial charge in [0.25, 0.3) is 0 Å². The number of benzene rings is 1. The fourth-order valence-electron chi connectivity index (χ4n) is 2.37. The molecule has 0 fully saturated rings. The first-order chi connectivity index (χ1) is 11.2. The van der Waals surface area contributed by atoms with Crippen molar-refractivity contribution in [2.24, 2.45) is 0 Å². The van der Waals surface area contributed by atoms with Crippen LogP contribution in [0.25, 0.3) is 5.69 Å². The molecule has 0 bridgehead atoms. The molecule has 6 heteroatoms. The standard InChI is InChI=1S/C17H14ClN5/c1-12(21-17-8-7-14(18)15(11-19)22-17)13-5-2-3-6-16(13)23-10-4-9-20-23/h2-10,12H,1H3,(H,21,22). The van der Waals surface area contributed by atoms with Crippen molar-refractivity contribution in [3.05, 3.63) is 71.1 Å². The summed E-state index contributed by atoms with van der Waals surface area (Å²) >= 11 is 5.92. The first kappa shape index (κ1) is 15.1. The van der Waals surface area contributed by atoms with Crippen LogP contribution in [0.2, 0.25) is 5.02 Å². The van der Waals surface area contributed by atoms with Gasteiger partial charge in [-0.1, -0.05) is 29.8 Å². The molecule has 1 N–H and O–H groups in total. The Morgan fingerprint density at radius 1 is 1.22 bits per heavy atom. The zero-order chi connectivity index (χ0) is 16.2. The van der Waals surface area contributed by atoms with Crippen molar-refractivity contribution in [1.82, 2.24) is 14.8 Å². The Labute approximate surface area is 139 Å². The number of anilines is 1. The molecule has 0 aliphatic rings. The molecule has 2 aromatic heterocycles. The van der Waals surface area contributed by atoms with Crippen molar-refractivity contribution < 1.29 is 0 Å². The molecular formula is C17H14ClN5. The van der Waals surface area contributed by atoms with Crippen LogP contribution in [0.15, 0.2) is 54.9 Å². The maximum Gasteiger partial charge on any atom is 0.161 e. The summed E-state index contributed by atoms with van der Waals surface area (Å²) in [6.45, 7) is 2.03. The highest BCUT2D eigenvalue weighted by Crippen LogP contribution is 2.25. The number of hydrogen-bond donors (Lipinski definition) is 1. The number of hydrogen-bond acceptors (Lipinski definition) is 4. The molecule has 5 nitrogen and oxygen atoms in total. The number of nitrogens with zero attached hydrogens (tertiary/aromatic N) is 4. The third kappa shape index (κ3) is 3.17. The number of para-hydroxylation sites is 1. The highest BCUT2D eigenvalue weighted by molar-refractivity contribution is 6.31. The normalized spacial score (nSPS) is 11.7. The molecular weight excluding hydrogens is 310 g/mol. The fraction of sp³-hybridized carbons (Fsp3) is 0.118. The van der Waals surface area contributed by atoms with Crippen molar-refractivity contribution in [2.45, 2.75) is 13.0 Å². The van der Waals surface area contributed by atoms with Gasteiger partial charge < -0.3 is 5.32 Å². The lowest BCUT2D eigenvalue weighted by Gasteiger charge is -2.18. The lowest BCUT2D eigenvalue weighted by molar-refractivity contribution is 0.814. The summed E-state index contributed by atoms with van der Waals surface area (Å²) < 4.78 is 1.82.